The number of ether oxygens (including phenoxy) is 1. The Kier molecular flexibility index (Phi) is 4.26. The molecule has 0 radical (unpaired) electrons. The normalized spacial score (nSPS) is 19.2. The number of hydrogen-bond donors (Lipinski definition) is 0. The first-order valence-corrected chi connectivity index (χ1v) is 7.18. The topological polar surface area (TPSA) is 38.2 Å². The smallest absolute Gasteiger partial charge is 0.138 e. The minimum Gasteiger partial charge on any atom is -0.487 e. The van der Waals surface area contributed by atoms with E-state index in [4.69, 9.17) is 4.74 Å². The average molecular weight is 281 g/mol. The number of pyridine rings is 2. The van der Waals surface area contributed by atoms with Gasteiger partial charge in [0.1, 0.15) is 11.9 Å². The summed E-state index contributed by atoms with van der Waals surface area (Å²) < 4.78 is 5.99. The molecule has 0 amide bonds. The molecule has 108 valence electrons. The zero-order chi connectivity index (χ0) is 14.5. The van der Waals surface area contributed by atoms with Gasteiger partial charge in [0.05, 0.1) is 6.20 Å². The Morgan fingerprint density at radius 1 is 1.14 bits per heavy atom. The van der Waals surface area contributed by atoms with Crippen LogP contribution in [-0.4, -0.2) is 41.1 Å². The molecule has 0 unspecified atom stereocenters. The van der Waals surface area contributed by atoms with E-state index in [2.05, 4.69) is 21.9 Å². The second kappa shape index (κ2) is 6.50. The highest BCUT2D eigenvalue weighted by Crippen LogP contribution is 2.19. The number of rotatable bonds is 4. The van der Waals surface area contributed by atoms with Crippen LogP contribution in [0, 0.1) is 0 Å². The molecule has 0 saturated carbocycles. The highest BCUT2D eigenvalue weighted by molar-refractivity contribution is 5.69. The molecule has 0 aromatic carbocycles. The summed E-state index contributed by atoms with van der Waals surface area (Å²) in [7, 11) is 2.12. The van der Waals surface area contributed by atoms with Crippen molar-refractivity contribution in [3.05, 3.63) is 54.1 Å². The summed E-state index contributed by atoms with van der Waals surface area (Å²) in [4.78, 5) is 10.5. The summed E-state index contributed by atoms with van der Waals surface area (Å²) in [6.45, 7) is 2.08. The van der Waals surface area contributed by atoms with Crippen molar-refractivity contribution < 1.29 is 4.74 Å². The summed E-state index contributed by atoms with van der Waals surface area (Å²) in [6.07, 6.45) is 12.6. The van der Waals surface area contributed by atoms with E-state index >= 15 is 0 Å². The molecule has 0 aliphatic carbocycles. The van der Waals surface area contributed by atoms with Gasteiger partial charge in [0.25, 0.3) is 0 Å². The lowest BCUT2D eigenvalue weighted by Gasteiger charge is -2.13. The van der Waals surface area contributed by atoms with Gasteiger partial charge in [-0.2, -0.15) is 0 Å². The Hall–Kier alpha value is -2.20. The highest BCUT2D eigenvalue weighted by Gasteiger charge is 2.20. The van der Waals surface area contributed by atoms with E-state index in [0.29, 0.717) is 0 Å². The largest absolute Gasteiger partial charge is 0.487 e. The summed E-state index contributed by atoms with van der Waals surface area (Å²) in [5.74, 6) is 0.840. The maximum absolute atomic E-state index is 5.99. The first-order valence-electron chi connectivity index (χ1n) is 7.18. The van der Waals surface area contributed by atoms with Crippen LogP contribution in [0.25, 0.3) is 12.2 Å². The zero-order valence-electron chi connectivity index (χ0n) is 12.1. The third-order valence-electron chi connectivity index (χ3n) is 3.56. The minimum atomic E-state index is 0.274. The molecule has 1 fully saturated rings. The molecule has 3 heterocycles. The van der Waals surface area contributed by atoms with Gasteiger partial charge in [-0.15, -0.1) is 0 Å². The van der Waals surface area contributed by atoms with Crippen molar-refractivity contribution in [3.8, 4) is 5.75 Å². The van der Waals surface area contributed by atoms with Gasteiger partial charge in [0, 0.05) is 31.7 Å². The van der Waals surface area contributed by atoms with Crippen molar-refractivity contribution in [1.82, 2.24) is 14.9 Å². The standard InChI is InChI=1S/C17H19N3O/c1-20-9-6-16(13-20)21-17-10-15(11-19-12-17)3-2-14-4-7-18-8-5-14/h2-5,7-8,10-12,16H,6,9,13H2,1H3/b3-2+/t16-/m0/s1. The second-order valence-corrected chi connectivity index (χ2v) is 5.36. The lowest BCUT2D eigenvalue weighted by Crippen LogP contribution is -2.21. The molecule has 2 aromatic heterocycles. The molecule has 4 nitrogen and oxygen atoms in total. The summed E-state index contributed by atoms with van der Waals surface area (Å²) >= 11 is 0. The van der Waals surface area contributed by atoms with Crippen LogP contribution in [0.4, 0.5) is 0 Å². The molecule has 1 saturated heterocycles. The molecule has 3 rings (SSSR count). The molecule has 0 bridgehead atoms. The number of likely N-dealkylation sites (N-methyl/N-ethyl adjacent to an activating group) is 1. The lowest BCUT2D eigenvalue weighted by molar-refractivity contribution is 0.207. The lowest BCUT2D eigenvalue weighted by atomic mass is 10.2. The molecule has 2 aromatic rings. The van der Waals surface area contributed by atoms with Crippen LogP contribution in [0.2, 0.25) is 0 Å². The van der Waals surface area contributed by atoms with Crippen LogP contribution in [0.3, 0.4) is 0 Å². The van der Waals surface area contributed by atoms with Gasteiger partial charge in [-0.1, -0.05) is 12.2 Å². The monoisotopic (exact) mass is 281 g/mol. The average Bonchev–Trinajstić information content (AvgIpc) is 2.92. The van der Waals surface area contributed by atoms with Crippen LogP contribution in [0.15, 0.2) is 43.0 Å². The number of likely N-dealkylation sites (tertiary alicyclic amines) is 1. The van der Waals surface area contributed by atoms with Gasteiger partial charge in [-0.05, 0) is 42.8 Å². The molecule has 1 aliphatic rings. The van der Waals surface area contributed by atoms with Gasteiger partial charge in [-0.25, -0.2) is 0 Å². The molecule has 0 N–H and O–H groups in total. The minimum absolute atomic E-state index is 0.274. The maximum Gasteiger partial charge on any atom is 0.138 e. The fourth-order valence-electron chi connectivity index (χ4n) is 2.44. The number of aromatic nitrogens is 2. The van der Waals surface area contributed by atoms with Crippen molar-refractivity contribution in [3.63, 3.8) is 0 Å². The van der Waals surface area contributed by atoms with Gasteiger partial charge >= 0.3 is 0 Å². The van der Waals surface area contributed by atoms with Crippen LogP contribution in [0.5, 0.6) is 5.75 Å². The molecule has 21 heavy (non-hydrogen) atoms. The van der Waals surface area contributed by atoms with E-state index in [1.807, 2.05) is 36.5 Å². The Morgan fingerprint density at radius 3 is 2.71 bits per heavy atom. The molecule has 1 atom stereocenters. The maximum atomic E-state index is 5.99. The van der Waals surface area contributed by atoms with Gasteiger partial charge in [0.15, 0.2) is 0 Å². The molecular weight excluding hydrogens is 262 g/mol. The van der Waals surface area contributed by atoms with Crippen LogP contribution in [-0.2, 0) is 0 Å². The van der Waals surface area contributed by atoms with Gasteiger partial charge in [-0.3, -0.25) is 9.97 Å². The SMILES string of the molecule is CN1CC[C@H](Oc2cncc(/C=C/c3ccncc3)c2)C1. The first-order chi connectivity index (χ1) is 10.3. The van der Waals surface area contributed by atoms with Crippen molar-refractivity contribution in [2.45, 2.75) is 12.5 Å². The van der Waals surface area contributed by atoms with Gasteiger partial charge < -0.3 is 9.64 Å². The summed E-state index contributed by atoms with van der Waals surface area (Å²) in [5.41, 5.74) is 2.16. The Morgan fingerprint density at radius 2 is 1.95 bits per heavy atom. The fourth-order valence-corrected chi connectivity index (χ4v) is 2.44. The van der Waals surface area contributed by atoms with Crippen molar-refractivity contribution in [2.75, 3.05) is 20.1 Å². The number of hydrogen-bond acceptors (Lipinski definition) is 4. The Balaban J connectivity index is 1.67. The first kappa shape index (κ1) is 13.8. The Labute approximate surface area is 125 Å². The predicted octanol–water partition coefficient (Wildman–Crippen LogP) is 2.73. The van der Waals surface area contributed by atoms with E-state index in [1.54, 1.807) is 18.6 Å². The number of nitrogens with zero attached hydrogens (tertiary/aromatic N) is 3. The van der Waals surface area contributed by atoms with E-state index in [1.165, 1.54) is 0 Å². The molecule has 4 heteroatoms. The molecular formula is C17H19N3O. The van der Waals surface area contributed by atoms with Gasteiger partial charge in [0.2, 0.25) is 0 Å². The van der Waals surface area contributed by atoms with E-state index in [0.717, 1.165) is 36.4 Å². The summed E-state index contributed by atoms with van der Waals surface area (Å²) in [5, 5.41) is 0. The summed E-state index contributed by atoms with van der Waals surface area (Å²) in [6, 6.07) is 5.97. The molecule has 1 aliphatic heterocycles. The van der Waals surface area contributed by atoms with Crippen LogP contribution in [0.1, 0.15) is 17.5 Å². The fraction of sp³-hybridized carbons (Fsp3) is 0.294. The van der Waals surface area contributed by atoms with E-state index in [9.17, 15) is 0 Å². The third kappa shape index (κ3) is 3.89. The highest BCUT2D eigenvalue weighted by atomic mass is 16.5. The van der Waals surface area contributed by atoms with Crippen molar-refractivity contribution in [2.24, 2.45) is 0 Å². The Bertz CT molecular complexity index is 612. The van der Waals surface area contributed by atoms with Crippen LogP contribution < -0.4 is 4.74 Å². The van der Waals surface area contributed by atoms with Crippen molar-refractivity contribution >= 4 is 12.2 Å². The van der Waals surface area contributed by atoms with E-state index < -0.39 is 0 Å². The zero-order valence-corrected chi connectivity index (χ0v) is 12.1. The van der Waals surface area contributed by atoms with E-state index in [-0.39, 0.29) is 6.10 Å². The molecule has 0 spiro atoms. The van der Waals surface area contributed by atoms with Crippen molar-refractivity contribution in [1.29, 1.82) is 0 Å². The predicted molar refractivity (Wildman–Crippen MR) is 83.9 cm³/mol. The third-order valence-corrected chi connectivity index (χ3v) is 3.56. The quantitative estimate of drug-likeness (QED) is 0.863. The van der Waals surface area contributed by atoms with Crippen LogP contribution >= 0.6 is 0 Å². The second-order valence-electron chi connectivity index (χ2n) is 5.36.